The van der Waals surface area contributed by atoms with E-state index in [0.717, 1.165) is 25.8 Å². The van der Waals surface area contributed by atoms with Crippen LogP contribution in [0.1, 0.15) is 51.5 Å². The first-order valence-corrected chi connectivity index (χ1v) is 7.97. The highest BCUT2D eigenvalue weighted by atomic mass is 79.9. The molecular formula is C16H22BrF2N. The van der Waals surface area contributed by atoms with Gasteiger partial charge in [0.25, 0.3) is 0 Å². The molecule has 2 rings (SSSR count). The van der Waals surface area contributed by atoms with E-state index in [1.165, 1.54) is 12.1 Å². The maximum atomic E-state index is 14.3. The predicted octanol–water partition coefficient (Wildman–Crippen LogP) is 5.00. The van der Waals surface area contributed by atoms with E-state index in [2.05, 4.69) is 42.0 Å². The molecule has 1 nitrogen and oxygen atoms in total. The molecule has 1 fully saturated rings. The third-order valence-corrected chi connectivity index (χ3v) is 4.62. The van der Waals surface area contributed by atoms with Crippen LogP contribution in [0.25, 0.3) is 0 Å². The topological polar surface area (TPSA) is 12.0 Å². The molecule has 0 spiro atoms. The van der Waals surface area contributed by atoms with Crippen LogP contribution in [0.4, 0.5) is 8.78 Å². The molecule has 4 heteroatoms. The van der Waals surface area contributed by atoms with E-state index in [9.17, 15) is 8.78 Å². The van der Waals surface area contributed by atoms with Crippen LogP contribution in [-0.4, -0.2) is 12.1 Å². The summed E-state index contributed by atoms with van der Waals surface area (Å²) in [5, 5.41) is 3.46. The summed E-state index contributed by atoms with van der Waals surface area (Å²) in [5.74, 6) is -0.578. The molecule has 1 aromatic carbocycles. The molecule has 0 aromatic heterocycles. The van der Waals surface area contributed by atoms with Gasteiger partial charge in [0.15, 0.2) is 0 Å². The van der Waals surface area contributed by atoms with Gasteiger partial charge >= 0.3 is 0 Å². The lowest BCUT2D eigenvalue weighted by atomic mass is 9.87. The van der Waals surface area contributed by atoms with Gasteiger partial charge in [-0.1, -0.05) is 6.42 Å². The molecule has 0 bridgehead atoms. The molecule has 1 saturated carbocycles. The average Bonchev–Trinajstić information content (AvgIpc) is 2.79. The average molecular weight is 346 g/mol. The third-order valence-electron chi connectivity index (χ3n) is 4.00. The number of hydrogen-bond donors (Lipinski definition) is 1. The van der Waals surface area contributed by atoms with Crippen molar-refractivity contribution in [2.45, 2.75) is 51.5 Å². The monoisotopic (exact) mass is 345 g/mol. The summed E-state index contributed by atoms with van der Waals surface area (Å²) in [6.07, 6.45) is 2.92. The van der Waals surface area contributed by atoms with Crippen molar-refractivity contribution in [1.82, 2.24) is 5.32 Å². The summed E-state index contributed by atoms with van der Waals surface area (Å²) < 4.78 is 28.7. The molecule has 0 saturated heterocycles. The minimum Gasteiger partial charge on any atom is -0.312 e. The molecule has 2 unspecified atom stereocenters. The van der Waals surface area contributed by atoms with Crippen LogP contribution in [-0.2, 0) is 0 Å². The van der Waals surface area contributed by atoms with Gasteiger partial charge in [-0.05, 0) is 80.1 Å². The van der Waals surface area contributed by atoms with Crippen LogP contribution in [0.15, 0.2) is 16.6 Å². The lowest BCUT2D eigenvalue weighted by Crippen LogP contribution is -2.39. The fourth-order valence-electron chi connectivity index (χ4n) is 2.98. The van der Waals surface area contributed by atoms with Gasteiger partial charge in [0, 0.05) is 11.1 Å². The van der Waals surface area contributed by atoms with Crippen molar-refractivity contribution >= 4 is 15.9 Å². The van der Waals surface area contributed by atoms with Crippen LogP contribution >= 0.6 is 15.9 Å². The second kappa shape index (κ2) is 6.10. The Bertz CT molecular complexity index is 482. The summed E-state index contributed by atoms with van der Waals surface area (Å²) in [5.41, 5.74) is 0.291. The summed E-state index contributed by atoms with van der Waals surface area (Å²) in [6.45, 7) is 7.13. The molecule has 1 aliphatic rings. The normalized spacial score (nSPS) is 23.3. The van der Waals surface area contributed by atoms with Gasteiger partial charge in [0.05, 0.1) is 4.47 Å². The first-order chi connectivity index (χ1) is 9.29. The van der Waals surface area contributed by atoms with Crippen LogP contribution in [0.3, 0.4) is 0 Å². The zero-order chi connectivity index (χ0) is 14.9. The first-order valence-electron chi connectivity index (χ1n) is 7.18. The summed E-state index contributed by atoms with van der Waals surface area (Å²) >= 11 is 3.16. The number of rotatable bonds is 3. The molecule has 1 aliphatic carbocycles. The van der Waals surface area contributed by atoms with Gasteiger partial charge in [-0.2, -0.15) is 0 Å². The smallest absolute Gasteiger partial charge is 0.143 e. The maximum absolute atomic E-state index is 14.3. The Hall–Kier alpha value is -0.480. The van der Waals surface area contributed by atoms with Gasteiger partial charge in [0.2, 0.25) is 0 Å². The van der Waals surface area contributed by atoms with Crippen molar-refractivity contribution in [3.63, 3.8) is 0 Å². The largest absolute Gasteiger partial charge is 0.312 e. The Balaban J connectivity index is 2.21. The number of hydrogen-bond acceptors (Lipinski definition) is 1. The highest BCUT2D eigenvalue weighted by molar-refractivity contribution is 9.10. The SMILES string of the molecule is CC(C)(C)NCC1CCCC1c1c(F)ccc(Br)c1F. The molecule has 20 heavy (non-hydrogen) atoms. The van der Waals surface area contributed by atoms with E-state index in [0.29, 0.717) is 10.4 Å². The van der Waals surface area contributed by atoms with Crippen molar-refractivity contribution in [2.75, 3.05) is 6.54 Å². The van der Waals surface area contributed by atoms with E-state index < -0.39 is 11.6 Å². The Morgan fingerprint density at radius 3 is 2.60 bits per heavy atom. The van der Waals surface area contributed by atoms with Gasteiger partial charge in [0.1, 0.15) is 11.6 Å². The minimum absolute atomic E-state index is 0.0256. The second-order valence-electron chi connectivity index (χ2n) is 6.69. The molecule has 0 radical (unpaired) electrons. The van der Waals surface area contributed by atoms with Gasteiger partial charge in [-0.25, -0.2) is 8.78 Å². The van der Waals surface area contributed by atoms with Crippen molar-refractivity contribution in [2.24, 2.45) is 5.92 Å². The highest BCUT2D eigenvalue weighted by Crippen LogP contribution is 2.42. The van der Waals surface area contributed by atoms with Crippen LogP contribution in [0.5, 0.6) is 0 Å². The van der Waals surface area contributed by atoms with Crippen LogP contribution < -0.4 is 5.32 Å². The third kappa shape index (κ3) is 3.59. The Labute approximate surface area is 128 Å². The number of benzene rings is 1. The van der Waals surface area contributed by atoms with Crippen molar-refractivity contribution < 1.29 is 8.78 Å². The van der Waals surface area contributed by atoms with E-state index in [4.69, 9.17) is 0 Å². The van der Waals surface area contributed by atoms with Gasteiger partial charge in [-0.3, -0.25) is 0 Å². The molecule has 1 aromatic rings. The molecule has 0 aliphatic heterocycles. The van der Waals surface area contributed by atoms with Crippen molar-refractivity contribution in [3.8, 4) is 0 Å². The second-order valence-corrected chi connectivity index (χ2v) is 7.54. The number of halogens is 3. The summed E-state index contributed by atoms with van der Waals surface area (Å²) in [4.78, 5) is 0. The predicted molar refractivity (Wildman–Crippen MR) is 81.9 cm³/mol. The number of nitrogens with one attached hydrogen (secondary N) is 1. The fourth-order valence-corrected chi connectivity index (χ4v) is 3.33. The molecular weight excluding hydrogens is 324 g/mol. The Morgan fingerprint density at radius 2 is 1.95 bits per heavy atom. The maximum Gasteiger partial charge on any atom is 0.143 e. The van der Waals surface area contributed by atoms with Crippen LogP contribution in [0.2, 0.25) is 0 Å². The standard InChI is InChI=1S/C16H22BrF2N/c1-16(2,3)20-9-10-5-4-6-11(10)14-13(18)8-7-12(17)15(14)19/h7-8,10-11,20H,4-6,9H2,1-3H3. The van der Waals surface area contributed by atoms with Crippen LogP contribution in [0, 0.1) is 17.6 Å². The lowest BCUT2D eigenvalue weighted by Gasteiger charge is -2.27. The highest BCUT2D eigenvalue weighted by Gasteiger charge is 2.33. The summed E-state index contributed by atoms with van der Waals surface area (Å²) in [6, 6.07) is 2.79. The van der Waals surface area contributed by atoms with Gasteiger partial charge in [-0.15, -0.1) is 0 Å². The molecule has 0 heterocycles. The van der Waals surface area contributed by atoms with Crippen molar-refractivity contribution in [1.29, 1.82) is 0 Å². The first kappa shape index (κ1) is 15.9. The zero-order valence-corrected chi connectivity index (χ0v) is 13.9. The van der Waals surface area contributed by atoms with E-state index in [-0.39, 0.29) is 17.0 Å². The molecule has 0 amide bonds. The zero-order valence-electron chi connectivity index (χ0n) is 12.3. The van der Waals surface area contributed by atoms with Gasteiger partial charge < -0.3 is 5.32 Å². The van der Waals surface area contributed by atoms with E-state index in [1.807, 2.05) is 0 Å². The quantitative estimate of drug-likeness (QED) is 0.760. The Morgan fingerprint density at radius 1 is 1.25 bits per heavy atom. The van der Waals surface area contributed by atoms with E-state index in [1.54, 1.807) is 0 Å². The fraction of sp³-hybridized carbons (Fsp3) is 0.625. The molecule has 2 atom stereocenters. The minimum atomic E-state index is -0.433. The lowest BCUT2D eigenvalue weighted by molar-refractivity contribution is 0.349. The molecule has 112 valence electrons. The van der Waals surface area contributed by atoms with Crippen molar-refractivity contribution in [3.05, 3.63) is 33.8 Å². The Kier molecular flexibility index (Phi) is 4.85. The summed E-state index contributed by atoms with van der Waals surface area (Å²) in [7, 11) is 0. The molecule has 1 N–H and O–H groups in total. The van der Waals surface area contributed by atoms with E-state index >= 15 is 0 Å².